The summed E-state index contributed by atoms with van der Waals surface area (Å²) in [5.41, 5.74) is -0.713. The van der Waals surface area contributed by atoms with Crippen molar-refractivity contribution in [1.82, 2.24) is 4.90 Å². The molecule has 4 nitrogen and oxygen atoms in total. The molecule has 1 rings (SSSR count). The largest absolute Gasteiger partial charge is 0.480 e. The number of likely N-dealkylation sites (tertiary alicyclic amines) is 1. The van der Waals surface area contributed by atoms with Crippen molar-refractivity contribution in [2.24, 2.45) is 0 Å². The summed E-state index contributed by atoms with van der Waals surface area (Å²) in [5, 5.41) is 18.3. The number of aliphatic hydroxyl groups excluding tert-OH is 1. The summed E-state index contributed by atoms with van der Waals surface area (Å²) in [6.07, 6.45) is 1.93. The van der Waals surface area contributed by atoms with E-state index in [2.05, 4.69) is 0 Å². The summed E-state index contributed by atoms with van der Waals surface area (Å²) in [4.78, 5) is 13.0. The van der Waals surface area contributed by atoms with Gasteiger partial charge in [0, 0.05) is 6.54 Å². The van der Waals surface area contributed by atoms with Crippen LogP contribution in [-0.4, -0.2) is 45.8 Å². The van der Waals surface area contributed by atoms with Crippen molar-refractivity contribution < 1.29 is 15.0 Å². The zero-order chi connectivity index (χ0) is 10.8. The van der Waals surface area contributed by atoms with Gasteiger partial charge in [-0.05, 0) is 39.7 Å². The Morgan fingerprint density at radius 3 is 2.79 bits per heavy atom. The van der Waals surface area contributed by atoms with Gasteiger partial charge < -0.3 is 10.2 Å². The Kier molecular flexibility index (Phi) is 3.50. The second kappa shape index (κ2) is 4.28. The van der Waals surface area contributed by atoms with Crippen LogP contribution >= 0.6 is 0 Å². The van der Waals surface area contributed by atoms with Crippen LogP contribution in [0.1, 0.15) is 33.1 Å². The van der Waals surface area contributed by atoms with Gasteiger partial charge in [-0.1, -0.05) is 0 Å². The van der Waals surface area contributed by atoms with Crippen molar-refractivity contribution >= 4 is 5.97 Å². The van der Waals surface area contributed by atoms with E-state index in [0.717, 1.165) is 13.0 Å². The first-order valence-electron chi connectivity index (χ1n) is 5.13. The molecule has 82 valence electrons. The van der Waals surface area contributed by atoms with Gasteiger partial charge in [0.15, 0.2) is 0 Å². The second-order valence-electron chi connectivity index (χ2n) is 4.31. The number of aliphatic carboxylic acids is 1. The molecular formula is C10H19NO3. The van der Waals surface area contributed by atoms with Gasteiger partial charge in [-0.3, -0.25) is 9.69 Å². The van der Waals surface area contributed by atoms with Crippen molar-refractivity contribution in [3.8, 4) is 0 Å². The minimum Gasteiger partial charge on any atom is -0.480 e. The molecule has 2 unspecified atom stereocenters. The summed E-state index contributed by atoms with van der Waals surface area (Å²) >= 11 is 0. The molecule has 0 amide bonds. The zero-order valence-electron chi connectivity index (χ0n) is 8.86. The molecule has 0 aromatic heterocycles. The normalized spacial score (nSPS) is 30.5. The van der Waals surface area contributed by atoms with E-state index in [1.54, 1.807) is 13.8 Å². The van der Waals surface area contributed by atoms with Gasteiger partial charge in [0.05, 0.1) is 6.10 Å². The third-order valence-electron chi connectivity index (χ3n) is 3.07. The minimum atomic E-state index is -0.749. The van der Waals surface area contributed by atoms with E-state index in [-0.39, 0.29) is 6.10 Å². The molecule has 1 fully saturated rings. The van der Waals surface area contributed by atoms with Crippen LogP contribution in [0.15, 0.2) is 0 Å². The average molecular weight is 201 g/mol. The van der Waals surface area contributed by atoms with Gasteiger partial charge in [0.2, 0.25) is 0 Å². The Morgan fingerprint density at radius 2 is 2.29 bits per heavy atom. The van der Waals surface area contributed by atoms with Crippen LogP contribution in [0, 0.1) is 0 Å². The fourth-order valence-electron chi connectivity index (χ4n) is 1.96. The fourth-order valence-corrected chi connectivity index (χ4v) is 1.96. The molecule has 0 radical (unpaired) electrons. The lowest BCUT2D eigenvalue weighted by molar-refractivity contribution is -0.148. The van der Waals surface area contributed by atoms with Crippen LogP contribution in [0.2, 0.25) is 0 Å². The van der Waals surface area contributed by atoms with Gasteiger partial charge in [-0.25, -0.2) is 0 Å². The number of hydrogen-bond donors (Lipinski definition) is 2. The molecule has 0 aromatic rings. The first-order valence-corrected chi connectivity index (χ1v) is 5.13. The van der Waals surface area contributed by atoms with E-state index >= 15 is 0 Å². The monoisotopic (exact) mass is 201 g/mol. The van der Waals surface area contributed by atoms with Crippen molar-refractivity contribution in [3.63, 3.8) is 0 Å². The van der Waals surface area contributed by atoms with E-state index < -0.39 is 11.5 Å². The predicted octanol–water partition coefficient (Wildman–Crippen LogP) is 0.696. The maximum atomic E-state index is 11.1. The molecule has 1 aliphatic heterocycles. The Labute approximate surface area is 84.5 Å². The smallest absolute Gasteiger partial charge is 0.323 e. The standard InChI is InChI=1S/C10H19NO3/c1-8(12)4-7-11-6-3-5-10(11,2)9(13)14/h8,12H,3-7H2,1-2H3,(H,13,14). The molecule has 14 heavy (non-hydrogen) atoms. The summed E-state index contributed by atoms with van der Waals surface area (Å²) in [6, 6.07) is 0. The van der Waals surface area contributed by atoms with Crippen molar-refractivity contribution in [3.05, 3.63) is 0 Å². The second-order valence-corrected chi connectivity index (χ2v) is 4.31. The molecule has 2 atom stereocenters. The molecule has 0 aromatic carbocycles. The Hall–Kier alpha value is -0.610. The molecule has 1 saturated heterocycles. The molecule has 0 bridgehead atoms. The third-order valence-corrected chi connectivity index (χ3v) is 3.07. The summed E-state index contributed by atoms with van der Waals surface area (Å²) in [6.45, 7) is 4.99. The van der Waals surface area contributed by atoms with Gasteiger partial charge in [0.1, 0.15) is 5.54 Å². The number of carboxylic acids is 1. The van der Waals surface area contributed by atoms with Gasteiger partial charge >= 0.3 is 5.97 Å². The quantitative estimate of drug-likeness (QED) is 0.702. The summed E-state index contributed by atoms with van der Waals surface area (Å²) < 4.78 is 0. The van der Waals surface area contributed by atoms with E-state index in [1.807, 2.05) is 4.90 Å². The zero-order valence-corrected chi connectivity index (χ0v) is 8.86. The van der Waals surface area contributed by atoms with Crippen LogP contribution in [0.4, 0.5) is 0 Å². The van der Waals surface area contributed by atoms with Crippen molar-refractivity contribution in [1.29, 1.82) is 0 Å². The molecule has 1 aliphatic rings. The number of aliphatic hydroxyl groups is 1. The lowest BCUT2D eigenvalue weighted by Gasteiger charge is -2.31. The van der Waals surface area contributed by atoms with E-state index in [4.69, 9.17) is 10.2 Å². The molecule has 0 aliphatic carbocycles. The van der Waals surface area contributed by atoms with Crippen LogP contribution < -0.4 is 0 Å². The van der Waals surface area contributed by atoms with E-state index in [0.29, 0.717) is 19.4 Å². The topological polar surface area (TPSA) is 60.8 Å². The molecule has 0 spiro atoms. The van der Waals surface area contributed by atoms with Crippen LogP contribution in [-0.2, 0) is 4.79 Å². The molecule has 0 saturated carbocycles. The van der Waals surface area contributed by atoms with E-state index in [9.17, 15) is 4.79 Å². The molecular weight excluding hydrogens is 182 g/mol. The Morgan fingerprint density at radius 1 is 1.64 bits per heavy atom. The maximum absolute atomic E-state index is 11.1. The molecule has 2 N–H and O–H groups in total. The van der Waals surface area contributed by atoms with Gasteiger partial charge in [-0.15, -0.1) is 0 Å². The molecule has 1 heterocycles. The highest BCUT2D eigenvalue weighted by atomic mass is 16.4. The highest BCUT2D eigenvalue weighted by Crippen LogP contribution is 2.29. The summed E-state index contributed by atoms with van der Waals surface area (Å²) in [7, 11) is 0. The number of hydrogen-bond acceptors (Lipinski definition) is 3. The van der Waals surface area contributed by atoms with Crippen LogP contribution in [0.5, 0.6) is 0 Å². The Bertz CT molecular complexity index is 217. The Balaban J connectivity index is 2.55. The average Bonchev–Trinajstić information content (AvgIpc) is 2.45. The van der Waals surface area contributed by atoms with Gasteiger partial charge in [0.25, 0.3) is 0 Å². The number of rotatable bonds is 4. The van der Waals surface area contributed by atoms with Crippen LogP contribution in [0.25, 0.3) is 0 Å². The first-order chi connectivity index (χ1) is 6.47. The number of carboxylic acid groups (broad SMARTS) is 1. The summed E-state index contributed by atoms with van der Waals surface area (Å²) in [5.74, 6) is -0.749. The predicted molar refractivity (Wildman–Crippen MR) is 53.1 cm³/mol. The lowest BCUT2D eigenvalue weighted by atomic mass is 9.99. The fraction of sp³-hybridized carbons (Fsp3) is 0.900. The SMILES string of the molecule is CC(O)CCN1CCCC1(C)C(=O)O. The van der Waals surface area contributed by atoms with Crippen molar-refractivity contribution in [2.45, 2.75) is 44.8 Å². The number of nitrogens with zero attached hydrogens (tertiary/aromatic N) is 1. The highest BCUT2D eigenvalue weighted by Gasteiger charge is 2.42. The third kappa shape index (κ3) is 2.25. The first kappa shape index (κ1) is 11.5. The number of carbonyl (C=O) groups is 1. The van der Waals surface area contributed by atoms with Crippen molar-refractivity contribution in [2.75, 3.05) is 13.1 Å². The minimum absolute atomic E-state index is 0.353. The molecule has 4 heteroatoms. The van der Waals surface area contributed by atoms with Crippen LogP contribution in [0.3, 0.4) is 0 Å². The van der Waals surface area contributed by atoms with E-state index in [1.165, 1.54) is 0 Å². The lowest BCUT2D eigenvalue weighted by Crippen LogP contribution is -2.48. The highest BCUT2D eigenvalue weighted by molar-refractivity contribution is 5.78. The van der Waals surface area contributed by atoms with Gasteiger partial charge in [-0.2, -0.15) is 0 Å². The maximum Gasteiger partial charge on any atom is 0.323 e.